The lowest BCUT2D eigenvalue weighted by Gasteiger charge is -2.27. The number of hydrogen-bond acceptors (Lipinski definition) is 2. The minimum atomic E-state index is 0.567. The van der Waals surface area contributed by atoms with Crippen LogP contribution in [0.5, 0.6) is 0 Å². The molecule has 0 radical (unpaired) electrons. The van der Waals surface area contributed by atoms with Crippen molar-refractivity contribution < 1.29 is 0 Å². The van der Waals surface area contributed by atoms with Crippen molar-refractivity contribution in [3.05, 3.63) is 40.1 Å². The van der Waals surface area contributed by atoms with E-state index in [4.69, 9.17) is 16.6 Å². The number of aromatic nitrogens is 1. The van der Waals surface area contributed by atoms with Gasteiger partial charge in [0.05, 0.1) is 5.52 Å². The predicted octanol–water partition coefficient (Wildman–Crippen LogP) is 3.58. The number of halogens is 1. The highest BCUT2D eigenvalue weighted by atomic mass is 35.5. The third-order valence-electron chi connectivity index (χ3n) is 4.28. The maximum Gasteiger partial charge on any atom is 0.0740 e. The van der Waals surface area contributed by atoms with Crippen molar-refractivity contribution in [3.63, 3.8) is 0 Å². The zero-order valence-electron chi connectivity index (χ0n) is 11.8. The lowest BCUT2D eigenvalue weighted by Crippen LogP contribution is -2.28. The van der Waals surface area contributed by atoms with E-state index in [9.17, 15) is 0 Å². The van der Waals surface area contributed by atoms with Crippen LogP contribution in [0.15, 0.2) is 12.1 Å². The second-order valence-electron chi connectivity index (χ2n) is 5.54. The molecule has 3 heteroatoms. The Morgan fingerprint density at radius 1 is 1.32 bits per heavy atom. The van der Waals surface area contributed by atoms with Crippen LogP contribution < -0.4 is 0 Å². The van der Waals surface area contributed by atoms with Gasteiger partial charge < -0.3 is 4.90 Å². The van der Waals surface area contributed by atoms with Gasteiger partial charge >= 0.3 is 0 Å². The summed E-state index contributed by atoms with van der Waals surface area (Å²) in [6.45, 7) is 6.35. The maximum absolute atomic E-state index is 6.24. The first-order chi connectivity index (χ1) is 9.11. The molecule has 0 atom stereocenters. The third kappa shape index (κ3) is 2.03. The molecule has 1 aromatic heterocycles. The summed E-state index contributed by atoms with van der Waals surface area (Å²) >= 11 is 6.24. The van der Waals surface area contributed by atoms with E-state index in [2.05, 4.69) is 37.9 Å². The molecule has 1 aliphatic rings. The first-order valence-electron chi connectivity index (χ1n) is 6.77. The number of rotatable bonds is 1. The van der Waals surface area contributed by atoms with Crippen LogP contribution in [-0.4, -0.2) is 23.5 Å². The molecule has 0 unspecified atom stereocenters. The maximum atomic E-state index is 6.24. The van der Waals surface area contributed by atoms with Gasteiger partial charge in [0.15, 0.2) is 0 Å². The van der Waals surface area contributed by atoms with E-state index in [0.717, 1.165) is 25.0 Å². The van der Waals surface area contributed by atoms with Crippen LogP contribution in [0.2, 0.25) is 0 Å². The Balaban J connectivity index is 2.35. The molecule has 3 rings (SSSR count). The van der Waals surface area contributed by atoms with Gasteiger partial charge in [0, 0.05) is 36.5 Å². The number of benzene rings is 1. The standard InChI is InChI=1S/C16H19ClN2/c1-10-4-5-12-13(8-17)14-9-19(3)7-6-15(14)18-16(12)11(10)2/h4-5H,6-9H2,1-3H3. The topological polar surface area (TPSA) is 16.1 Å². The summed E-state index contributed by atoms with van der Waals surface area (Å²) in [4.78, 5) is 7.27. The van der Waals surface area contributed by atoms with E-state index in [-0.39, 0.29) is 0 Å². The molecule has 0 N–H and O–H groups in total. The number of likely N-dealkylation sites (N-methyl/N-ethyl adjacent to an activating group) is 1. The number of nitrogens with zero attached hydrogens (tertiary/aromatic N) is 2. The first kappa shape index (κ1) is 12.9. The van der Waals surface area contributed by atoms with Crippen molar-refractivity contribution in [1.29, 1.82) is 0 Å². The van der Waals surface area contributed by atoms with Crippen LogP contribution in [0.25, 0.3) is 10.9 Å². The summed E-state index contributed by atoms with van der Waals surface area (Å²) in [5.41, 5.74) is 7.59. The molecule has 1 aliphatic heterocycles. The van der Waals surface area contributed by atoms with Crippen molar-refractivity contribution in [1.82, 2.24) is 9.88 Å². The fourth-order valence-electron chi connectivity index (χ4n) is 2.92. The van der Waals surface area contributed by atoms with Crippen molar-refractivity contribution >= 4 is 22.5 Å². The second-order valence-corrected chi connectivity index (χ2v) is 5.81. The Morgan fingerprint density at radius 2 is 2.11 bits per heavy atom. The molecule has 0 bridgehead atoms. The molecular formula is C16H19ClN2. The molecule has 19 heavy (non-hydrogen) atoms. The largest absolute Gasteiger partial charge is 0.302 e. The van der Waals surface area contributed by atoms with Gasteiger partial charge in [-0.1, -0.05) is 12.1 Å². The lowest BCUT2D eigenvalue weighted by atomic mass is 9.94. The quantitative estimate of drug-likeness (QED) is 0.739. The first-order valence-corrected chi connectivity index (χ1v) is 7.30. The van der Waals surface area contributed by atoms with E-state index < -0.39 is 0 Å². The van der Waals surface area contributed by atoms with Crippen LogP contribution in [0.3, 0.4) is 0 Å². The molecule has 2 aromatic rings. The molecule has 0 saturated carbocycles. The molecule has 2 heterocycles. The highest BCUT2D eigenvalue weighted by Crippen LogP contribution is 2.31. The highest BCUT2D eigenvalue weighted by molar-refractivity contribution is 6.18. The number of hydrogen-bond donors (Lipinski definition) is 0. The summed E-state index contributed by atoms with van der Waals surface area (Å²) in [6, 6.07) is 4.35. The van der Waals surface area contributed by atoms with Gasteiger partial charge in [-0.15, -0.1) is 11.6 Å². The normalized spacial score (nSPS) is 15.8. The molecule has 0 spiro atoms. The van der Waals surface area contributed by atoms with Gasteiger partial charge in [0.1, 0.15) is 0 Å². The Morgan fingerprint density at radius 3 is 2.84 bits per heavy atom. The number of pyridine rings is 1. The summed E-state index contributed by atoms with van der Waals surface area (Å²) in [5, 5.41) is 1.23. The van der Waals surface area contributed by atoms with Gasteiger partial charge in [-0.25, -0.2) is 0 Å². The van der Waals surface area contributed by atoms with Gasteiger partial charge in [0.2, 0.25) is 0 Å². The Kier molecular flexibility index (Phi) is 3.23. The molecular weight excluding hydrogens is 256 g/mol. The molecule has 100 valence electrons. The lowest BCUT2D eigenvalue weighted by molar-refractivity contribution is 0.309. The van der Waals surface area contributed by atoms with Gasteiger partial charge in [-0.2, -0.15) is 0 Å². The Bertz CT molecular complexity index is 649. The minimum Gasteiger partial charge on any atom is -0.302 e. The number of alkyl halides is 1. The molecule has 0 aliphatic carbocycles. The smallest absolute Gasteiger partial charge is 0.0740 e. The van der Waals surface area contributed by atoms with Crippen LogP contribution in [0.4, 0.5) is 0 Å². The summed E-state index contributed by atoms with van der Waals surface area (Å²) < 4.78 is 0. The Labute approximate surface area is 119 Å². The fraction of sp³-hybridized carbons (Fsp3) is 0.438. The van der Waals surface area contributed by atoms with E-state index in [1.54, 1.807) is 0 Å². The van der Waals surface area contributed by atoms with E-state index >= 15 is 0 Å². The monoisotopic (exact) mass is 274 g/mol. The summed E-state index contributed by atoms with van der Waals surface area (Å²) in [7, 11) is 2.16. The molecule has 0 amide bonds. The fourth-order valence-corrected chi connectivity index (χ4v) is 3.22. The van der Waals surface area contributed by atoms with Crippen molar-refractivity contribution in [2.24, 2.45) is 0 Å². The second kappa shape index (κ2) is 4.77. The van der Waals surface area contributed by atoms with Gasteiger partial charge in [0.25, 0.3) is 0 Å². The Hall–Kier alpha value is -1.12. The summed E-state index contributed by atoms with van der Waals surface area (Å²) in [6.07, 6.45) is 1.03. The third-order valence-corrected chi connectivity index (χ3v) is 4.55. The number of fused-ring (bicyclic) bond motifs is 2. The van der Waals surface area contributed by atoms with Crippen LogP contribution in [0, 0.1) is 13.8 Å². The van der Waals surface area contributed by atoms with Crippen LogP contribution >= 0.6 is 11.6 Å². The van der Waals surface area contributed by atoms with Gasteiger partial charge in [-0.3, -0.25) is 4.98 Å². The zero-order chi connectivity index (χ0) is 13.6. The molecule has 0 saturated heterocycles. The highest BCUT2D eigenvalue weighted by Gasteiger charge is 2.20. The average molecular weight is 275 g/mol. The molecule has 2 nitrogen and oxygen atoms in total. The van der Waals surface area contributed by atoms with Crippen molar-refractivity contribution in [2.45, 2.75) is 32.7 Å². The SMILES string of the molecule is Cc1ccc2c(CCl)c3c(nc2c1C)CCN(C)C3. The van der Waals surface area contributed by atoms with Crippen LogP contribution in [0.1, 0.15) is 27.9 Å². The molecule has 0 fully saturated rings. The predicted molar refractivity (Wildman–Crippen MR) is 80.8 cm³/mol. The van der Waals surface area contributed by atoms with Crippen LogP contribution in [-0.2, 0) is 18.8 Å². The van der Waals surface area contributed by atoms with Crippen molar-refractivity contribution in [3.8, 4) is 0 Å². The van der Waals surface area contributed by atoms with Crippen molar-refractivity contribution in [2.75, 3.05) is 13.6 Å². The van der Waals surface area contributed by atoms with E-state index in [1.165, 1.54) is 33.3 Å². The van der Waals surface area contributed by atoms with Gasteiger partial charge in [-0.05, 0) is 43.1 Å². The minimum absolute atomic E-state index is 0.567. The zero-order valence-corrected chi connectivity index (χ0v) is 12.5. The number of aryl methyl sites for hydroxylation is 2. The summed E-state index contributed by atoms with van der Waals surface area (Å²) in [5.74, 6) is 0.567. The molecule has 1 aromatic carbocycles. The van der Waals surface area contributed by atoms with E-state index in [1.807, 2.05) is 0 Å². The average Bonchev–Trinajstić information content (AvgIpc) is 2.41. The van der Waals surface area contributed by atoms with E-state index in [0.29, 0.717) is 5.88 Å².